The van der Waals surface area contributed by atoms with Gasteiger partial charge in [-0.2, -0.15) is 4.98 Å². The van der Waals surface area contributed by atoms with Gasteiger partial charge in [0.2, 0.25) is 5.95 Å². The fourth-order valence-corrected chi connectivity index (χ4v) is 3.64. The number of anilines is 3. The molecule has 0 bridgehead atoms. The number of aliphatic hydroxyl groups is 2. The molecule has 0 unspecified atom stereocenters. The first kappa shape index (κ1) is 20.9. The Bertz CT molecular complexity index is 1140. The second kappa shape index (κ2) is 8.40. The van der Waals surface area contributed by atoms with E-state index in [9.17, 15) is 15.0 Å². The van der Waals surface area contributed by atoms with Crippen molar-refractivity contribution in [2.24, 2.45) is 0 Å². The first-order chi connectivity index (χ1) is 15.0. The highest BCUT2D eigenvalue weighted by Crippen LogP contribution is 2.32. The lowest BCUT2D eigenvalue weighted by Gasteiger charge is -2.37. The summed E-state index contributed by atoms with van der Waals surface area (Å²) in [7, 11) is 3.11. The average Bonchev–Trinajstić information content (AvgIpc) is 2.79. The van der Waals surface area contributed by atoms with Gasteiger partial charge >= 0.3 is 0 Å². The zero-order valence-corrected chi connectivity index (χ0v) is 17.4. The number of hydrogen-bond acceptors (Lipinski definition) is 9. The average molecular weight is 427 g/mol. The Morgan fingerprint density at radius 2 is 1.90 bits per heavy atom. The number of H-pyrrole nitrogens is 1. The number of ether oxygens (including phenoxy) is 2. The number of aliphatic hydroxyl groups excluding tert-OH is 1. The molecule has 4 N–H and O–H groups in total. The number of benzene rings is 1. The van der Waals surface area contributed by atoms with Gasteiger partial charge in [-0.15, -0.1) is 0 Å². The number of pyridine rings is 1. The van der Waals surface area contributed by atoms with Crippen molar-refractivity contribution in [2.75, 3.05) is 44.1 Å². The number of nitrogens with one attached hydrogen (secondary N) is 2. The van der Waals surface area contributed by atoms with E-state index in [-0.39, 0.29) is 12.2 Å². The minimum atomic E-state index is -1.08. The number of nitrogens with zero attached hydrogens (tertiary/aromatic N) is 3. The molecule has 0 saturated carbocycles. The maximum Gasteiger partial charge on any atom is 0.261 e. The maximum absolute atomic E-state index is 12.5. The van der Waals surface area contributed by atoms with E-state index in [1.807, 2.05) is 4.90 Å². The number of aromatic nitrogens is 3. The van der Waals surface area contributed by atoms with Crippen LogP contribution < -0.4 is 25.2 Å². The predicted molar refractivity (Wildman–Crippen MR) is 116 cm³/mol. The van der Waals surface area contributed by atoms with Gasteiger partial charge in [-0.1, -0.05) is 0 Å². The third-order valence-corrected chi connectivity index (χ3v) is 5.53. The van der Waals surface area contributed by atoms with Crippen LogP contribution in [0.5, 0.6) is 11.5 Å². The molecule has 3 aromatic rings. The Hall–Kier alpha value is -3.37. The number of rotatable bonds is 6. The number of piperidine rings is 1. The largest absolute Gasteiger partial charge is 0.493 e. The summed E-state index contributed by atoms with van der Waals surface area (Å²) >= 11 is 0. The van der Waals surface area contributed by atoms with Crippen LogP contribution in [0.1, 0.15) is 12.8 Å². The van der Waals surface area contributed by atoms with Crippen molar-refractivity contribution in [1.82, 2.24) is 15.0 Å². The van der Waals surface area contributed by atoms with E-state index >= 15 is 0 Å². The van der Waals surface area contributed by atoms with Crippen molar-refractivity contribution in [3.8, 4) is 11.5 Å². The van der Waals surface area contributed by atoms with E-state index in [1.54, 1.807) is 44.7 Å². The number of hydrogen-bond donors (Lipinski definition) is 4. The number of methoxy groups -OCH3 is 2. The molecule has 0 aliphatic carbocycles. The maximum atomic E-state index is 12.5. The van der Waals surface area contributed by atoms with E-state index in [4.69, 9.17) is 9.47 Å². The Morgan fingerprint density at radius 1 is 1.16 bits per heavy atom. The quantitative estimate of drug-likeness (QED) is 0.461. The Balaban J connectivity index is 1.73. The topological polar surface area (TPSA) is 133 Å². The molecule has 31 heavy (non-hydrogen) atoms. The lowest BCUT2D eigenvalue weighted by atomic mass is 9.93. The van der Waals surface area contributed by atoms with Gasteiger partial charge in [-0.25, -0.2) is 4.98 Å². The molecule has 0 amide bonds. The second-order valence-electron chi connectivity index (χ2n) is 7.50. The molecule has 1 aliphatic rings. The Morgan fingerprint density at radius 3 is 2.58 bits per heavy atom. The fourth-order valence-electron chi connectivity index (χ4n) is 3.64. The zero-order chi connectivity index (χ0) is 22.0. The molecule has 3 heterocycles. The van der Waals surface area contributed by atoms with Gasteiger partial charge in [0, 0.05) is 31.0 Å². The third-order valence-electron chi connectivity index (χ3n) is 5.53. The molecule has 2 aromatic heterocycles. The van der Waals surface area contributed by atoms with Crippen LogP contribution in [0, 0.1) is 0 Å². The molecule has 10 nitrogen and oxygen atoms in total. The highest BCUT2D eigenvalue weighted by atomic mass is 16.5. The second-order valence-corrected chi connectivity index (χ2v) is 7.50. The lowest BCUT2D eigenvalue weighted by Crippen LogP contribution is -2.47. The summed E-state index contributed by atoms with van der Waals surface area (Å²) in [5.74, 6) is 1.93. The van der Waals surface area contributed by atoms with E-state index in [0.29, 0.717) is 65.8 Å². The van der Waals surface area contributed by atoms with Gasteiger partial charge in [-0.3, -0.25) is 4.79 Å². The fraction of sp³-hybridized carbons (Fsp3) is 0.381. The molecule has 10 heteroatoms. The molecule has 0 atom stereocenters. The van der Waals surface area contributed by atoms with Crippen molar-refractivity contribution < 1.29 is 19.7 Å². The van der Waals surface area contributed by atoms with Crippen LogP contribution in [0.2, 0.25) is 0 Å². The molecular weight excluding hydrogens is 402 g/mol. The normalized spacial score (nSPS) is 15.7. The standard InChI is InChI=1S/C21H25N5O5/c1-30-15-4-3-13(11-16(15)31-2)23-18-17-14(5-8-22-19(17)28)24-20(25-18)26-9-6-21(29,12-27)7-10-26/h3-5,8,11,27,29H,6-7,9-10,12H2,1-2H3,(H,22,28)(H,23,24,25). The Labute approximate surface area is 178 Å². The number of fused-ring (bicyclic) bond motifs is 1. The van der Waals surface area contributed by atoms with E-state index in [0.717, 1.165) is 0 Å². The smallest absolute Gasteiger partial charge is 0.261 e. The minimum Gasteiger partial charge on any atom is -0.493 e. The van der Waals surface area contributed by atoms with Crippen molar-refractivity contribution >= 4 is 28.4 Å². The van der Waals surface area contributed by atoms with Crippen LogP contribution in [0.25, 0.3) is 10.9 Å². The summed E-state index contributed by atoms with van der Waals surface area (Å²) in [4.78, 5) is 26.3. The lowest BCUT2D eigenvalue weighted by molar-refractivity contribution is -0.0327. The van der Waals surface area contributed by atoms with Crippen molar-refractivity contribution in [3.05, 3.63) is 40.8 Å². The summed E-state index contributed by atoms with van der Waals surface area (Å²) in [5.41, 5.74) is -0.217. The highest BCUT2D eigenvalue weighted by molar-refractivity contribution is 5.91. The van der Waals surface area contributed by atoms with Gasteiger partial charge in [0.1, 0.15) is 11.2 Å². The van der Waals surface area contributed by atoms with Gasteiger partial charge < -0.3 is 34.9 Å². The first-order valence-corrected chi connectivity index (χ1v) is 9.93. The van der Waals surface area contributed by atoms with Crippen LogP contribution in [0.4, 0.5) is 17.5 Å². The molecule has 1 fully saturated rings. The monoisotopic (exact) mass is 427 g/mol. The zero-order valence-electron chi connectivity index (χ0n) is 17.4. The van der Waals surface area contributed by atoms with Crippen LogP contribution in [0.3, 0.4) is 0 Å². The minimum absolute atomic E-state index is 0.277. The van der Waals surface area contributed by atoms with Crippen LogP contribution in [-0.4, -0.2) is 64.7 Å². The predicted octanol–water partition coefficient (Wildman–Crippen LogP) is 1.40. The highest BCUT2D eigenvalue weighted by Gasteiger charge is 2.32. The first-order valence-electron chi connectivity index (χ1n) is 9.93. The molecule has 164 valence electrons. The van der Waals surface area contributed by atoms with Gasteiger partial charge in [0.05, 0.1) is 31.9 Å². The molecule has 0 spiro atoms. The summed E-state index contributed by atoms with van der Waals surface area (Å²) in [6, 6.07) is 7.03. The SMILES string of the molecule is COc1ccc(Nc2nc(N3CCC(O)(CO)CC3)nc3cc[nH]c(=O)c23)cc1OC. The summed E-state index contributed by atoms with van der Waals surface area (Å²) in [6.07, 6.45) is 2.35. The van der Waals surface area contributed by atoms with Crippen molar-refractivity contribution in [1.29, 1.82) is 0 Å². The molecule has 1 saturated heterocycles. The summed E-state index contributed by atoms with van der Waals surface area (Å²) < 4.78 is 10.6. The van der Waals surface area contributed by atoms with Crippen LogP contribution >= 0.6 is 0 Å². The molecule has 1 aliphatic heterocycles. The summed E-state index contributed by atoms with van der Waals surface area (Å²) in [6.45, 7) is 0.698. The van der Waals surface area contributed by atoms with Gasteiger partial charge in [-0.05, 0) is 31.0 Å². The van der Waals surface area contributed by atoms with Crippen LogP contribution in [0.15, 0.2) is 35.3 Å². The third kappa shape index (κ3) is 4.12. The molecule has 1 aromatic carbocycles. The van der Waals surface area contributed by atoms with E-state index < -0.39 is 5.60 Å². The van der Waals surface area contributed by atoms with E-state index in [1.165, 1.54) is 0 Å². The number of aromatic amines is 1. The summed E-state index contributed by atoms with van der Waals surface area (Å²) in [5, 5.41) is 23.2. The van der Waals surface area contributed by atoms with Crippen molar-refractivity contribution in [2.45, 2.75) is 18.4 Å². The van der Waals surface area contributed by atoms with E-state index in [2.05, 4.69) is 20.3 Å². The van der Waals surface area contributed by atoms with Crippen LogP contribution in [-0.2, 0) is 0 Å². The van der Waals surface area contributed by atoms with Gasteiger partial charge in [0.25, 0.3) is 5.56 Å². The molecule has 4 rings (SSSR count). The molecule has 0 radical (unpaired) electrons. The van der Waals surface area contributed by atoms with Crippen molar-refractivity contribution in [3.63, 3.8) is 0 Å². The molecular formula is C21H25N5O5. The van der Waals surface area contributed by atoms with Gasteiger partial charge in [0.15, 0.2) is 11.5 Å². The Kier molecular flexibility index (Phi) is 5.66.